The Morgan fingerprint density at radius 1 is 1.41 bits per heavy atom. The Hall–Kier alpha value is -1.02. The summed E-state index contributed by atoms with van der Waals surface area (Å²) in [6, 6.07) is 0.932. The van der Waals surface area contributed by atoms with Gasteiger partial charge in [-0.15, -0.1) is 11.8 Å². The Balaban J connectivity index is 2.89. The van der Waals surface area contributed by atoms with Crippen molar-refractivity contribution in [1.29, 1.82) is 0 Å². The molecular formula is C9H13F3N4S. The predicted molar refractivity (Wildman–Crippen MR) is 60.5 cm³/mol. The number of nitrogens with zero attached hydrogens (tertiary/aromatic N) is 2. The molecule has 0 aliphatic heterocycles. The van der Waals surface area contributed by atoms with Crippen LogP contribution in [0.3, 0.4) is 0 Å². The van der Waals surface area contributed by atoms with Crippen LogP contribution in [-0.2, 0) is 6.18 Å². The lowest BCUT2D eigenvalue weighted by Gasteiger charge is -2.09. The highest BCUT2D eigenvalue weighted by atomic mass is 32.2. The zero-order chi connectivity index (χ0) is 12.9. The number of rotatable bonds is 5. The number of nitrogens with one attached hydrogen (secondary N) is 1. The molecule has 4 nitrogen and oxygen atoms in total. The molecule has 0 aromatic carbocycles. The van der Waals surface area contributed by atoms with Gasteiger partial charge in [0, 0.05) is 6.07 Å². The average Bonchev–Trinajstić information content (AvgIpc) is 2.28. The molecule has 0 spiro atoms. The lowest BCUT2D eigenvalue weighted by atomic mass is 10.4. The van der Waals surface area contributed by atoms with Crippen LogP contribution in [0.2, 0.25) is 0 Å². The zero-order valence-corrected chi connectivity index (χ0v) is 10.0. The van der Waals surface area contributed by atoms with E-state index < -0.39 is 11.9 Å². The molecule has 0 radical (unpaired) electrons. The highest BCUT2D eigenvalue weighted by Gasteiger charge is 2.33. The highest BCUT2D eigenvalue weighted by Crippen LogP contribution is 2.30. The number of anilines is 1. The molecule has 1 heterocycles. The number of aromatic nitrogens is 2. The number of thioether (sulfide) groups is 1. The molecule has 0 saturated carbocycles. The van der Waals surface area contributed by atoms with Gasteiger partial charge in [-0.2, -0.15) is 13.2 Å². The fourth-order valence-corrected chi connectivity index (χ4v) is 2.02. The number of alkyl halides is 3. The predicted octanol–water partition coefficient (Wildman–Crippen LogP) is 2.67. The van der Waals surface area contributed by atoms with E-state index in [9.17, 15) is 13.2 Å². The van der Waals surface area contributed by atoms with Gasteiger partial charge in [0.1, 0.15) is 5.03 Å². The SMILES string of the molecule is CCCCSc1cc(C(F)(F)F)nc(NN)n1. The van der Waals surface area contributed by atoms with Crippen molar-refractivity contribution >= 4 is 17.7 Å². The van der Waals surface area contributed by atoms with E-state index in [0.717, 1.165) is 24.7 Å². The standard InChI is InChI=1S/C9H13F3N4S/c1-2-3-4-17-7-5-6(9(10,11)12)14-8(15-7)16-13/h5H,2-4,13H2,1H3,(H,14,15,16). The summed E-state index contributed by atoms with van der Waals surface area (Å²) in [6.07, 6.45) is -2.60. The van der Waals surface area contributed by atoms with Crippen LogP contribution in [0.1, 0.15) is 25.5 Å². The number of nitrogen functional groups attached to an aromatic ring is 1. The van der Waals surface area contributed by atoms with Crippen LogP contribution in [0.4, 0.5) is 19.1 Å². The second-order valence-electron chi connectivity index (χ2n) is 3.26. The maximum atomic E-state index is 12.5. The Bertz CT molecular complexity index is 370. The minimum Gasteiger partial charge on any atom is -0.292 e. The minimum absolute atomic E-state index is 0.223. The summed E-state index contributed by atoms with van der Waals surface area (Å²) in [5, 5.41) is 0.272. The van der Waals surface area contributed by atoms with Crippen LogP contribution in [0.5, 0.6) is 0 Å². The smallest absolute Gasteiger partial charge is 0.292 e. The lowest BCUT2D eigenvalue weighted by Crippen LogP contribution is -2.15. The number of hydrazine groups is 1. The summed E-state index contributed by atoms with van der Waals surface area (Å²) in [4.78, 5) is 7.12. The summed E-state index contributed by atoms with van der Waals surface area (Å²) in [5.41, 5.74) is 1.05. The van der Waals surface area contributed by atoms with Gasteiger partial charge in [-0.25, -0.2) is 15.8 Å². The average molecular weight is 266 g/mol. The van der Waals surface area contributed by atoms with Crippen molar-refractivity contribution in [3.05, 3.63) is 11.8 Å². The quantitative estimate of drug-likeness (QED) is 0.282. The highest BCUT2D eigenvalue weighted by molar-refractivity contribution is 7.99. The Kier molecular flexibility index (Phi) is 5.01. The van der Waals surface area contributed by atoms with Crippen molar-refractivity contribution in [3.63, 3.8) is 0 Å². The van der Waals surface area contributed by atoms with E-state index >= 15 is 0 Å². The molecule has 3 N–H and O–H groups in total. The minimum atomic E-state index is -4.49. The Morgan fingerprint density at radius 3 is 2.65 bits per heavy atom. The van der Waals surface area contributed by atoms with Crippen LogP contribution in [0, 0.1) is 0 Å². The van der Waals surface area contributed by atoms with Crippen molar-refractivity contribution in [2.75, 3.05) is 11.2 Å². The second kappa shape index (κ2) is 6.06. The molecule has 0 amide bonds. The summed E-state index contributed by atoms with van der Waals surface area (Å²) < 4.78 is 37.5. The molecule has 0 saturated heterocycles. The molecule has 1 rings (SSSR count). The maximum absolute atomic E-state index is 12.5. The van der Waals surface area contributed by atoms with E-state index in [1.807, 2.05) is 12.3 Å². The monoisotopic (exact) mass is 266 g/mol. The molecule has 0 fully saturated rings. The van der Waals surface area contributed by atoms with Gasteiger partial charge in [-0.1, -0.05) is 13.3 Å². The molecule has 8 heteroatoms. The van der Waals surface area contributed by atoms with Crippen molar-refractivity contribution in [2.24, 2.45) is 5.84 Å². The van der Waals surface area contributed by atoms with Crippen molar-refractivity contribution in [3.8, 4) is 0 Å². The van der Waals surface area contributed by atoms with Gasteiger partial charge < -0.3 is 0 Å². The van der Waals surface area contributed by atoms with E-state index in [4.69, 9.17) is 5.84 Å². The summed E-state index contributed by atoms with van der Waals surface area (Å²) >= 11 is 1.26. The largest absolute Gasteiger partial charge is 0.433 e. The number of halogens is 3. The van der Waals surface area contributed by atoms with E-state index in [2.05, 4.69) is 9.97 Å². The second-order valence-corrected chi connectivity index (χ2v) is 4.37. The first kappa shape index (κ1) is 14.0. The van der Waals surface area contributed by atoms with E-state index in [0.29, 0.717) is 0 Å². The zero-order valence-electron chi connectivity index (χ0n) is 9.21. The maximum Gasteiger partial charge on any atom is 0.433 e. The van der Waals surface area contributed by atoms with Crippen LogP contribution in [0.15, 0.2) is 11.1 Å². The summed E-state index contributed by atoms with van der Waals surface area (Å²) in [6.45, 7) is 2.01. The first-order valence-electron chi connectivity index (χ1n) is 5.03. The van der Waals surface area contributed by atoms with Gasteiger partial charge in [-0.3, -0.25) is 5.43 Å². The van der Waals surface area contributed by atoms with Gasteiger partial charge in [0.15, 0.2) is 5.69 Å². The molecule has 0 aliphatic rings. The third kappa shape index (κ3) is 4.39. The summed E-state index contributed by atoms with van der Waals surface area (Å²) in [5.74, 6) is 5.53. The fourth-order valence-electron chi connectivity index (χ4n) is 1.03. The summed E-state index contributed by atoms with van der Waals surface area (Å²) in [7, 11) is 0. The lowest BCUT2D eigenvalue weighted by molar-refractivity contribution is -0.141. The number of nitrogens with two attached hydrogens (primary N) is 1. The first-order chi connectivity index (χ1) is 7.97. The molecule has 1 aromatic heterocycles. The van der Waals surface area contributed by atoms with Crippen LogP contribution in [0.25, 0.3) is 0 Å². The van der Waals surface area contributed by atoms with E-state index in [1.54, 1.807) is 0 Å². The Labute approximate surface area is 101 Å². The van der Waals surface area contributed by atoms with Crippen LogP contribution >= 0.6 is 11.8 Å². The molecule has 96 valence electrons. The topological polar surface area (TPSA) is 63.8 Å². The fraction of sp³-hybridized carbons (Fsp3) is 0.556. The number of unbranched alkanes of at least 4 members (excludes halogenated alkanes) is 1. The van der Waals surface area contributed by atoms with Gasteiger partial charge in [0.05, 0.1) is 0 Å². The molecule has 1 aromatic rings. The van der Waals surface area contributed by atoms with Gasteiger partial charge in [-0.05, 0) is 12.2 Å². The first-order valence-corrected chi connectivity index (χ1v) is 6.01. The molecule has 0 atom stereocenters. The van der Waals surface area contributed by atoms with Crippen molar-refractivity contribution in [1.82, 2.24) is 9.97 Å². The molecular weight excluding hydrogens is 253 g/mol. The third-order valence-electron chi connectivity index (χ3n) is 1.87. The molecule has 17 heavy (non-hydrogen) atoms. The van der Waals surface area contributed by atoms with Crippen LogP contribution < -0.4 is 11.3 Å². The molecule has 0 bridgehead atoms. The third-order valence-corrected chi connectivity index (χ3v) is 2.87. The van der Waals surface area contributed by atoms with Gasteiger partial charge >= 0.3 is 6.18 Å². The Morgan fingerprint density at radius 2 is 2.12 bits per heavy atom. The molecule has 0 unspecified atom stereocenters. The normalized spacial score (nSPS) is 11.6. The van der Waals surface area contributed by atoms with Crippen molar-refractivity contribution in [2.45, 2.75) is 31.0 Å². The molecule has 0 aliphatic carbocycles. The number of hydrogen-bond donors (Lipinski definition) is 2. The van der Waals surface area contributed by atoms with Gasteiger partial charge in [0.2, 0.25) is 5.95 Å². The van der Waals surface area contributed by atoms with Gasteiger partial charge in [0.25, 0.3) is 0 Å². The number of hydrogen-bond acceptors (Lipinski definition) is 5. The van der Waals surface area contributed by atoms with E-state index in [-0.39, 0.29) is 11.0 Å². The van der Waals surface area contributed by atoms with Crippen LogP contribution in [-0.4, -0.2) is 15.7 Å². The van der Waals surface area contributed by atoms with Crippen molar-refractivity contribution < 1.29 is 13.2 Å². The van der Waals surface area contributed by atoms with E-state index in [1.165, 1.54) is 11.8 Å².